The summed E-state index contributed by atoms with van der Waals surface area (Å²) in [7, 11) is 1.12. The van der Waals surface area contributed by atoms with Crippen LogP contribution in [0, 0.1) is 36.3 Å². The van der Waals surface area contributed by atoms with Gasteiger partial charge in [-0.1, -0.05) is 0 Å². The van der Waals surface area contributed by atoms with Gasteiger partial charge in [-0.2, -0.15) is 0 Å². The number of anilines is 1. The van der Waals surface area contributed by atoms with Crippen LogP contribution >= 0.6 is 0 Å². The van der Waals surface area contributed by atoms with Crippen molar-refractivity contribution in [2.75, 3.05) is 11.9 Å². The first kappa shape index (κ1) is 18.2. The Morgan fingerprint density at radius 1 is 1.07 bits per heavy atom. The molecule has 1 saturated carbocycles. The Balaban J connectivity index is 2.37. The van der Waals surface area contributed by atoms with Crippen LogP contribution in [0.15, 0.2) is 23.7 Å². The summed E-state index contributed by atoms with van der Waals surface area (Å²) in [5.74, 6) is -3.68. The number of nitrogens with zero attached hydrogens (tertiary/aromatic N) is 4. The van der Waals surface area contributed by atoms with E-state index in [0.717, 1.165) is 18.0 Å². The van der Waals surface area contributed by atoms with Gasteiger partial charge in [0.05, 0.1) is 26.8 Å². The van der Waals surface area contributed by atoms with Crippen LogP contribution in [-0.4, -0.2) is 27.6 Å². The van der Waals surface area contributed by atoms with Crippen molar-refractivity contribution >= 4 is 22.8 Å². The molecule has 3 rings (SSSR count). The lowest BCUT2D eigenvalue weighted by atomic mass is 9.78. The molecule has 0 bridgehead atoms. The minimum Gasteiger partial charge on any atom is -0.856 e. The predicted molar refractivity (Wildman–Crippen MR) is 87.3 cm³/mol. The van der Waals surface area contributed by atoms with Gasteiger partial charge < -0.3 is 10.0 Å². The summed E-state index contributed by atoms with van der Waals surface area (Å²) in [6.07, 6.45) is 0.887. The number of allylic oxidation sites excluding steroid dienone is 1. The van der Waals surface area contributed by atoms with E-state index in [-0.39, 0.29) is 29.9 Å². The van der Waals surface area contributed by atoms with Crippen molar-refractivity contribution < 1.29 is 24.7 Å². The van der Waals surface area contributed by atoms with Gasteiger partial charge in [-0.15, -0.1) is 0 Å². The quantitative estimate of drug-likeness (QED) is 0.552. The predicted octanol–water partition coefficient (Wildman–Crippen LogP) is 1.21. The van der Waals surface area contributed by atoms with Crippen molar-refractivity contribution in [3.05, 3.63) is 59.6 Å². The number of benzene rings is 1. The molecule has 1 aromatic carbocycles. The molecule has 27 heavy (non-hydrogen) atoms. The van der Waals surface area contributed by atoms with Crippen molar-refractivity contribution in [3.8, 4) is 0 Å². The number of carbonyl (C=O) groups is 1. The second-order valence-electron chi connectivity index (χ2n) is 6.37. The largest absolute Gasteiger partial charge is 0.856 e. The molecule has 1 aliphatic heterocycles. The lowest BCUT2D eigenvalue weighted by Crippen LogP contribution is -2.39. The van der Waals surface area contributed by atoms with Crippen LogP contribution in [0.25, 0.3) is 0 Å². The van der Waals surface area contributed by atoms with E-state index in [1.807, 2.05) is 0 Å². The van der Waals surface area contributed by atoms with Gasteiger partial charge in [0, 0.05) is 36.9 Å². The highest BCUT2D eigenvalue weighted by molar-refractivity contribution is 5.86. The highest BCUT2D eigenvalue weighted by Crippen LogP contribution is 2.51. The zero-order chi connectivity index (χ0) is 20.0. The maximum Gasteiger partial charge on any atom is 0.300 e. The smallest absolute Gasteiger partial charge is 0.300 e. The minimum atomic E-state index is -1.37. The molecule has 2 atom stereocenters. The van der Waals surface area contributed by atoms with Crippen molar-refractivity contribution in [2.45, 2.75) is 25.2 Å². The molecule has 1 aliphatic carbocycles. The summed E-state index contributed by atoms with van der Waals surface area (Å²) < 4.78 is 0. The van der Waals surface area contributed by atoms with Gasteiger partial charge in [0.2, 0.25) is 0 Å². The number of ketones is 1. The Labute approximate surface area is 151 Å². The summed E-state index contributed by atoms with van der Waals surface area (Å²) in [5, 5.41) is 46.8. The fourth-order valence-corrected chi connectivity index (χ4v) is 3.82. The van der Waals surface area contributed by atoms with Gasteiger partial charge in [-0.25, -0.2) is 0 Å². The maximum absolute atomic E-state index is 12.6. The first-order valence-corrected chi connectivity index (χ1v) is 7.93. The van der Waals surface area contributed by atoms with Gasteiger partial charge in [0.25, 0.3) is 17.1 Å². The molecule has 142 valence electrons. The van der Waals surface area contributed by atoms with Crippen LogP contribution in [0.4, 0.5) is 17.1 Å². The van der Waals surface area contributed by atoms with Crippen molar-refractivity contribution in [2.24, 2.45) is 5.92 Å². The highest BCUT2D eigenvalue weighted by atomic mass is 16.6. The molecule has 1 fully saturated rings. The minimum absolute atomic E-state index is 0.120. The second kappa shape index (κ2) is 6.30. The molecule has 1 heterocycles. The zero-order valence-electron chi connectivity index (χ0n) is 14.0. The van der Waals surface area contributed by atoms with E-state index in [4.69, 9.17) is 0 Å². The third-order valence-electron chi connectivity index (χ3n) is 4.95. The van der Waals surface area contributed by atoms with Crippen LogP contribution in [0.3, 0.4) is 0 Å². The third-order valence-corrected chi connectivity index (χ3v) is 4.95. The summed E-state index contributed by atoms with van der Waals surface area (Å²) in [6.45, 7) is 0. The zero-order valence-corrected chi connectivity index (χ0v) is 14.0. The molecule has 0 radical (unpaired) electrons. The van der Waals surface area contributed by atoms with Crippen LogP contribution in [0.5, 0.6) is 0 Å². The average molecular weight is 377 g/mol. The van der Waals surface area contributed by atoms with E-state index in [0.29, 0.717) is 12.5 Å². The van der Waals surface area contributed by atoms with Gasteiger partial charge in [0.1, 0.15) is 11.5 Å². The number of non-ortho nitro benzene ring substituents is 1. The monoisotopic (exact) mass is 377 g/mol. The molecule has 0 saturated heterocycles. The molecule has 2 aliphatic rings. The van der Waals surface area contributed by atoms with E-state index in [9.17, 15) is 40.2 Å². The fraction of sp³-hybridized carbons (Fsp3) is 0.400. The summed E-state index contributed by atoms with van der Waals surface area (Å²) >= 11 is 0. The molecule has 0 aromatic heterocycles. The van der Waals surface area contributed by atoms with Crippen LogP contribution in [0.2, 0.25) is 0 Å². The summed E-state index contributed by atoms with van der Waals surface area (Å²) in [4.78, 5) is 44.6. The van der Waals surface area contributed by atoms with Crippen molar-refractivity contribution in [3.63, 3.8) is 0 Å². The maximum atomic E-state index is 12.6. The van der Waals surface area contributed by atoms with E-state index >= 15 is 0 Å². The second-order valence-corrected chi connectivity index (χ2v) is 6.37. The van der Waals surface area contributed by atoms with E-state index in [2.05, 4.69) is 0 Å². The number of fused-ring (bicyclic) bond motifs is 1. The molecular weight excluding hydrogens is 364 g/mol. The van der Waals surface area contributed by atoms with Gasteiger partial charge in [-0.3, -0.25) is 35.1 Å². The fourth-order valence-electron chi connectivity index (χ4n) is 3.82. The molecule has 1 aromatic rings. The van der Waals surface area contributed by atoms with Crippen LogP contribution in [0.1, 0.15) is 30.7 Å². The van der Waals surface area contributed by atoms with Crippen LogP contribution in [-0.2, 0) is 4.79 Å². The lowest BCUT2D eigenvalue weighted by molar-refractivity contribution is -0.449. The lowest BCUT2D eigenvalue weighted by Gasteiger charge is -2.37. The standard InChI is InChI=1S/C15H14N4O8/c1-16-13-9(5-7(17(22)23)6-10(13)18(24)25)12(8-3-2-4-11(8)20)14(15(16)21)19(26)27/h5-6,8,12,21H,2-4H2,1H3/p-1. The number of Topliss-reactive ketones (excluding diaryl/α,β-unsaturated/α-hetero) is 1. The van der Waals surface area contributed by atoms with Gasteiger partial charge in [-0.05, 0) is 12.8 Å². The van der Waals surface area contributed by atoms with Gasteiger partial charge in [0.15, 0.2) is 0 Å². The SMILES string of the molecule is CN1C([O-])=C([N+](=O)[O-])C(C2CCCC2=O)c2cc([N+](=O)[O-])cc([N+](=O)[O-])c21. The Bertz CT molecular complexity index is 925. The molecule has 0 N–H and O–H groups in total. The number of hydrogen-bond donors (Lipinski definition) is 0. The Hall–Kier alpha value is -3.57. The number of rotatable bonds is 4. The van der Waals surface area contributed by atoms with Crippen molar-refractivity contribution in [1.29, 1.82) is 0 Å². The summed E-state index contributed by atoms with van der Waals surface area (Å²) in [5.41, 5.74) is -2.54. The number of nitro benzene ring substituents is 2. The molecule has 0 spiro atoms. The molecule has 0 amide bonds. The Morgan fingerprint density at radius 3 is 2.22 bits per heavy atom. The first-order chi connectivity index (χ1) is 12.6. The number of hydrogen-bond acceptors (Lipinski definition) is 9. The topological polar surface area (TPSA) is 173 Å². The first-order valence-electron chi connectivity index (χ1n) is 7.93. The third kappa shape index (κ3) is 2.74. The highest BCUT2D eigenvalue weighted by Gasteiger charge is 2.47. The Morgan fingerprint density at radius 2 is 1.74 bits per heavy atom. The van der Waals surface area contributed by atoms with E-state index < -0.39 is 49.6 Å². The van der Waals surface area contributed by atoms with Crippen molar-refractivity contribution in [1.82, 2.24) is 0 Å². The number of nitro groups is 3. The van der Waals surface area contributed by atoms with E-state index in [1.54, 1.807) is 0 Å². The molecule has 12 nitrogen and oxygen atoms in total. The molecule has 12 heteroatoms. The Kier molecular flexibility index (Phi) is 4.25. The van der Waals surface area contributed by atoms with E-state index in [1.165, 1.54) is 0 Å². The normalized spacial score (nSPS) is 22.0. The summed E-state index contributed by atoms with van der Waals surface area (Å²) in [6, 6.07) is 1.68. The molecular formula is C15H13N4O8-. The van der Waals surface area contributed by atoms with Gasteiger partial charge >= 0.3 is 0 Å². The number of carbonyl (C=O) groups excluding carboxylic acids is 1. The average Bonchev–Trinajstić information content (AvgIpc) is 3.01. The van der Waals surface area contributed by atoms with Crippen LogP contribution < -0.4 is 10.0 Å². The molecule has 2 unspecified atom stereocenters.